The molecule has 4 N–H and O–H groups in total. The maximum Gasteiger partial charge on any atom is 0.180 e. The van der Waals surface area contributed by atoms with Gasteiger partial charge in [0.15, 0.2) is 6.29 Å². The fraction of sp³-hybridized carbons (Fsp3) is 0.500. The van der Waals surface area contributed by atoms with Crippen molar-refractivity contribution in [3.05, 3.63) is 29.8 Å². The summed E-state index contributed by atoms with van der Waals surface area (Å²) in [6.45, 7) is -0.496. The SMILES string of the molecule is COc1ccc(C=N[C@H]2[C@@H](O)[C@H](O)[C@H](CO)O[C@@H]2O)cc1. The van der Waals surface area contributed by atoms with Crippen LogP contribution in [0.5, 0.6) is 5.75 Å². The minimum Gasteiger partial charge on any atom is -0.497 e. The lowest BCUT2D eigenvalue weighted by molar-refractivity contribution is -0.248. The first-order chi connectivity index (χ1) is 10.1. The lowest BCUT2D eigenvalue weighted by Crippen LogP contribution is -2.57. The highest BCUT2D eigenvalue weighted by Gasteiger charge is 2.43. The van der Waals surface area contributed by atoms with Gasteiger partial charge in [0.05, 0.1) is 13.7 Å². The third-order valence-electron chi connectivity index (χ3n) is 3.38. The fourth-order valence-corrected chi connectivity index (χ4v) is 2.11. The van der Waals surface area contributed by atoms with Gasteiger partial charge in [-0.15, -0.1) is 0 Å². The van der Waals surface area contributed by atoms with E-state index in [4.69, 9.17) is 14.6 Å². The Balaban J connectivity index is 2.08. The molecule has 7 heteroatoms. The number of rotatable bonds is 4. The quantitative estimate of drug-likeness (QED) is 0.526. The number of hydrogen-bond donors (Lipinski definition) is 4. The van der Waals surface area contributed by atoms with Gasteiger partial charge >= 0.3 is 0 Å². The number of aliphatic imine (C=N–C) groups is 1. The number of aliphatic hydroxyl groups excluding tert-OH is 4. The first-order valence-electron chi connectivity index (χ1n) is 6.54. The topological polar surface area (TPSA) is 112 Å². The first kappa shape index (κ1) is 15.9. The highest BCUT2D eigenvalue weighted by Crippen LogP contribution is 2.22. The predicted octanol–water partition coefficient (Wildman–Crippen LogP) is -1.09. The number of hydrogen-bond acceptors (Lipinski definition) is 7. The van der Waals surface area contributed by atoms with Crippen molar-refractivity contribution >= 4 is 6.21 Å². The van der Waals surface area contributed by atoms with Crippen molar-refractivity contribution in [1.82, 2.24) is 0 Å². The average molecular weight is 297 g/mol. The van der Waals surface area contributed by atoms with Gasteiger partial charge in [-0.1, -0.05) is 0 Å². The van der Waals surface area contributed by atoms with Crippen molar-refractivity contribution < 1.29 is 29.9 Å². The molecule has 1 aromatic rings. The van der Waals surface area contributed by atoms with Crippen LogP contribution < -0.4 is 4.74 Å². The molecule has 1 heterocycles. The van der Waals surface area contributed by atoms with Crippen molar-refractivity contribution in [3.8, 4) is 5.75 Å². The Kier molecular flexibility index (Phi) is 5.27. The molecule has 0 bridgehead atoms. The number of ether oxygens (including phenoxy) is 2. The highest BCUT2D eigenvalue weighted by molar-refractivity contribution is 5.79. The van der Waals surface area contributed by atoms with Crippen LogP contribution in [0.4, 0.5) is 0 Å². The molecule has 0 aromatic heterocycles. The van der Waals surface area contributed by atoms with Crippen LogP contribution in [0.25, 0.3) is 0 Å². The second-order valence-electron chi connectivity index (χ2n) is 4.77. The molecule has 0 spiro atoms. The maximum absolute atomic E-state index is 9.93. The van der Waals surface area contributed by atoms with Gasteiger partial charge in [-0.05, 0) is 29.8 Å². The van der Waals surface area contributed by atoms with Crippen molar-refractivity contribution in [2.75, 3.05) is 13.7 Å². The summed E-state index contributed by atoms with van der Waals surface area (Å²) in [5.74, 6) is 0.703. The molecule has 0 unspecified atom stereocenters. The lowest BCUT2D eigenvalue weighted by atomic mass is 9.97. The molecule has 0 amide bonds. The number of methoxy groups -OCH3 is 1. The van der Waals surface area contributed by atoms with E-state index in [0.29, 0.717) is 5.75 Å². The summed E-state index contributed by atoms with van der Waals surface area (Å²) in [5, 5.41) is 38.5. The van der Waals surface area contributed by atoms with Crippen molar-refractivity contribution in [2.45, 2.75) is 30.6 Å². The Morgan fingerprint density at radius 2 is 1.86 bits per heavy atom. The number of aliphatic hydroxyl groups is 4. The molecular formula is C14H19NO6. The second-order valence-corrected chi connectivity index (χ2v) is 4.77. The van der Waals surface area contributed by atoms with E-state index in [1.165, 1.54) is 6.21 Å². The molecule has 1 aromatic carbocycles. The first-order valence-corrected chi connectivity index (χ1v) is 6.54. The average Bonchev–Trinajstić information content (AvgIpc) is 2.51. The van der Waals surface area contributed by atoms with E-state index in [-0.39, 0.29) is 0 Å². The molecule has 1 saturated heterocycles. The van der Waals surface area contributed by atoms with E-state index in [1.807, 2.05) is 0 Å². The molecule has 0 radical (unpaired) electrons. The molecule has 0 saturated carbocycles. The summed E-state index contributed by atoms with van der Waals surface area (Å²) in [4.78, 5) is 4.06. The molecule has 1 aliphatic rings. The Labute approximate surface area is 122 Å². The van der Waals surface area contributed by atoms with E-state index in [0.717, 1.165) is 5.56 Å². The zero-order chi connectivity index (χ0) is 15.4. The summed E-state index contributed by atoms with van der Waals surface area (Å²) in [6, 6.07) is 6.00. The van der Waals surface area contributed by atoms with E-state index < -0.39 is 37.3 Å². The van der Waals surface area contributed by atoms with Gasteiger partial charge in [0.1, 0.15) is 30.1 Å². The van der Waals surface area contributed by atoms with Crippen LogP contribution in [0, 0.1) is 0 Å². The standard InChI is InChI=1S/C14H19NO6/c1-20-9-4-2-8(3-5-9)6-15-11-13(18)12(17)10(7-16)21-14(11)19/h2-6,10-14,16-19H,7H2,1H3/t10-,11-,12+,13+,14-/m0/s1. The van der Waals surface area contributed by atoms with Gasteiger partial charge in [-0.2, -0.15) is 0 Å². The third-order valence-corrected chi connectivity index (χ3v) is 3.38. The monoisotopic (exact) mass is 297 g/mol. The highest BCUT2D eigenvalue weighted by atomic mass is 16.6. The molecule has 0 aliphatic carbocycles. The molecule has 5 atom stereocenters. The van der Waals surface area contributed by atoms with Gasteiger partial charge in [0.25, 0.3) is 0 Å². The van der Waals surface area contributed by atoms with Gasteiger partial charge in [0.2, 0.25) is 0 Å². The summed E-state index contributed by atoms with van der Waals surface area (Å²) in [7, 11) is 1.56. The van der Waals surface area contributed by atoms with Crippen LogP contribution in [-0.2, 0) is 4.74 Å². The Morgan fingerprint density at radius 3 is 2.43 bits per heavy atom. The van der Waals surface area contributed by atoms with Crippen molar-refractivity contribution in [3.63, 3.8) is 0 Å². The summed E-state index contributed by atoms with van der Waals surface area (Å²) >= 11 is 0. The molecule has 1 fully saturated rings. The normalized spacial score (nSPS) is 33.3. The van der Waals surface area contributed by atoms with E-state index in [2.05, 4.69) is 4.99 Å². The largest absolute Gasteiger partial charge is 0.497 e. The zero-order valence-electron chi connectivity index (χ0n) is 11.5. The van der Waals surface area contributed by atoms with E-state index in [1.54, 1.807) is 31.4 Å². The smallest absolute Gasteiger partial charge is 0.180 e. The lowest BCUT2D eigenvalue weighted by Gasteiger charge is -2.38. The predicted molar refractivity (Wildman–Crippen MR) is 74.4 cm³/mol. The molecule has 1 aliphatic heterocycles. The minimum atomic E-state index is -1.39. The van der Waals surface area contributed by atoms with Crippen LogP contribution >= 0.6 is 0 Å². The van der Waals surface area contributed by atoms with Crippen molar-refractivity contribution in [1.29, 1.82) is 0 Å². The maximum atomic E-state index is 9.93. The summed E-state index contributed by atoms with van der Waals surface area (Å²) in [6.07, 6.45) is -3.58. The summed E-state index contributed by atoms with van der Waals surface area (Å²) < 4.78 is 10.1. The Hall–Kier alpha value is -1.51. The molecule has 116 valence electrons. The van der Waals surface area contributed by atoms with Crippen LogP contribution in [0.1, 0.15) is 5.56 Å². The second kappa shape index (κ2) is 6.97. The van der Waals surface area contributed by atoms with Gasteiger partial charge < -0.3 is 29.9 Å². The zero-order valence-corrected chi connectivity index (χ0v) is 11.5. The minimum absolute atomic E-state index is 0.496. The number of nitrogens with zero attached hydrogens (tertiary/aromatic N) is 1. The Bertz CT molecular complexity index is 477. The van der Waals surface area contributed by atoms with Gasteiger partial charge in [0, 0.05) is 6.21 Å². The van der Waals surface area contributed by atoms with Crippen LogP contribution in [0.2, 0.25) is 0 Å². The third kappa shape index (κ3) is 3.58. The van der Waals surface area contributed by atoms with Gasteiger partial charge in [-0.3, -0.25) is 4.99 Å². The fourth-order valence-electron chi connectivity index (χ4n) is 2.11. The van der Waals surface area contributed by atoms with E-state index >= 15 is 0 Å². The van der Waals surface area contributed by atoms with Crippen LogP contribution in [-0.4, -0.2) is 71.0 Å². The van der Waals surface area contributed by atoms with Crippen molar-refractivity contribution in [2.24, 2.45) is 4.99 Å². The molecule has 21 heavy (non-hydrogen) atoms. The van der Waals surface area contributed by atoms with Gasteiger partial charge in [-0.25, -0.2) is 0 Å². The molecule has 2 rings (SSSR count). The molecular weight excluding hydrogens is 278 g/mol. The Morgan fingerprint density at radius 1 is 1.19 bits per heavy atom. The van der Waals surface area contributed by atoms with E-state index in [9.17, 15) is 15.3 Å². The number of benzene rings is 1. The van der Waals surface area contributed by atoms with Crippen LogP contribution in [0.3, 0.4) is 0 Å². The van der Waals surface area contributed by atoms with Crippen LogP contribution in [0.15, 0.2) is 29.3 Å². The molecule has 7 nitrogen and oxygen atoms in total. The summed E-state index contributed by atoms with van der Waals surface area (Å²) in [5.41, 5.74) is 0.744.